The average Bonchev–Trinajstić information content (AvgIpc) is 2.46. The first-order valence-electron chi connectivity index (χ1n) is 6.42. The molecule has 1 aromatic rings. The van der Waals surface area contributed by atoms with Gasteiger partial charge in [0.05, 0.1) is 14.2 Å². The summed E-state index contributed by atoms with van der Waals surface area (Å²) in [4.78, 5) is 0. The molecule has 2 rings (SSSR count). The molecule has 0 saturated carbocycles. The number of benzene rings is 1. The Kier molecular flexibility index (Phi) is 4.44. The van der Waals surface area contributed by atoms with Gasteiger partial charge in [0.25, 0.3) is 0 Å². The molecule has 1 saturated heterocycles. The maximum atomic E-state index is 5.88. The molecule has 1 aliphatic heterocycles. The molecule has 3 N–H and O–H groups in total. The van der Waals surface area contributed by atoms with Crippen LogP contribution in [0.2, 0.25) is 0 Å². The maximum absolute atomic E-state index is 5.88. The summed E-state index contributed by atoms with van der Waals surface area (Å²) in [6.45, 7) is 2.70. The number of nitrogens with two attached hydrogens (primary N) is 1. The van der Waals surface area contributed by atoms with Gasteiger partial charge in [0, 0.05) is 5.56 Å². The lowest BCUT2D eigenvalue weighted by molar-refractivity contribution is 0.319. The number of nitrogens with one attached hydrogen (secondary N) is 1. The Balaban J connectivity index is 2.34. The zero-order chi connectivity index (χ0) is 13.0. The molecule has 1 heterocycles. The van der Waals surface area contributed by atoms with E-state index in [9.17, 15) is 0 Å². The molecule has 0 bridgehead atoms. The number of hydrogen-bond donors (Lipinski definition) is 2. The first-order chi connectivity index (χ1) is 8.80. The van der Waals surface area contributed by atoms with Gasteiger partial charge < -0.3 is 20.5 Å². The third-order valence-corrected chi connectivity index (χ3v) is 3.75. The van der Waals surface area contributed by atoms with Crippen molar-refractivity contribution in [1.82, 2.24) is 5.32 Å². The summed E-state index contributed by atoms with van der Waals surface area (Å²) in [5.74, 6) is 2.71. The van der Waals surface area contributed by atoms with Gasteiger partial charge in [-0.3, -0.25) is 0 Å². The maximum Gasteiger partial charge on any atom is 0.122 e. The van der Waals surface area contributed by atoms with Gasteiger partial charge in [-0.2, -0.15) is 0 Å². The molecule has 4 nitrogen and oxygen atoms in total. The van der Waals surface area contributed by atoms with Crippen LogP contribution in [0.3, 0.4) is 0 Å². The summed E-state index contributed by atoms with van der Waals surface area (Å²) in [7, 11) is 3.40. The van der Waals surface area contributed by atoms with E-state index < -0.39 is 0 Å². The van der Waals surface area contributed by atoms with Crippen molar-refractivity contribution in [3.8, 4) is 11.5 Å². The molecule has 0 aliphatic carbocycles. The summed E-state index contributed by atoms with van der Waals surface area (Å²) < 4.78 is 10.8. The molecule has 18 heavy (non-hydrogen) atoms. The fourth-order valence-corrected chi connectivity index (χ4v) is 2.71. The number of ether oxygens (including phenoxy) is 2. The van der Waals surface area contributed by atoms with Crippen LogP contribution < -0.4 is 20.5 Å². The van der Waals surface area contributed by atoms with Crippen molar-refractivity contribution < 1.29 is 9.47 Å². The minimum Gasteiger partial charge on any atom is -0.497 e. The highest BCUT2D eigenvalue weighted by molar-refractivity contribution is 5.43. The van der Waals surface area contributed by atoms with Crippen LogP contribution in [0.25, 0.3) is 0 Å². The largest absolute Gasteiger partial charge is 0.497 e. The van der Waals surface area contributed by atoms with Crippen LogP contribution in [0.15, 0.2) is 18.2 Å². The van der Waals surface area contributed by atoms with E-state index in [0.29, 0.717) is 18.4 Å². The Labute approximate surface area is 108 Å². The van der Waals surface area contributed by atoms with Crippen molar-refractivity contribution in [2.24, 2.45) is 11.7 Å². The van der Waals surface area contributed by atoms with Crippen molar-refractivity contribution in [2.45, 2.75) is 12.3 Å². The lowest BCUT2D eigenvalue weighted by atomic mass is 9.80. The molecule has 1 fully saturated rings. The van der Waals surface area contributed by atoms with Gasteiger partial charge in [-0.1, -0.05) is 0 Å². The van der Waals surface area contributed by atoms with E-state index in [1.807, 2.05) is 12.1 Å². The molecule has 4 heteroatoms. The second-order valence-corrected chi connectivity index (χ2v) is 4.70. The second-order valence-electron chi connectivity index (χ2n) is 4.70. The van der Waals surface area contributed by atoms with E-state index in [0.717, 1.165) is 31.0 Å². The Morgan fingerprint density at radius 2 is 2.17 bits per heavy atom. The van der Waals surface area contributed by atoms with Crippen LogP contribution in [0.4, 0.5) is 0 Å². The highest BCUT2D eigenvalue weighted by atomic mass is 16.5. The molecule has 1 aromatic carbocycles. The first kappa shape index (κ1) is 13.2. The zero-order valence-corrected chi connectivity index (χ0v) is 11.1. The van der Waals surface area contributed by atoms with Crippen molar-refractivity contribution in [1.29, 1.82) is 0 Å². The molecule has 2 unspecified atom stereocenters. The van der Waals surface area contributed by atoms with Crippen LogP contribution in [-0.4, -0.2) is 33.9 Å². The van der Waals surface area contributed by atoms with E-state index in [-0.39, 0.29) is 0 Å². The van der Waals surface area contributed by atoms with Crippen molar-refractivity contribution in [2.75, 3.05) is 33.9 Å². The SMILES string of the molecule is COc1ccc(OC)c(C2CCNCC2CN)c1. The van der Waals surface area contributed by atoms with Gasteiger partial charge >= 0.3 is 0 Å². The van der Waals surface area contributed by atoms with E-state index in [4.69, 9.17) is 15.2 Å². The molecule has 2 atom stereocenters. The van der Waals surface area contributed by atoms with E-state index >= 15 is 0 Å². The number of methoxy groups -OCH3 is 2. The van der Waals surface area contributed by atoms with Gasteiger partial charge in [0.1, 0.15) is 11.5 Å². The first-order valence-corrected chi connectivity index (χ1v) is 6.42. The van der Waals surface area contributed by atoms with Gasteiger partial charge in [-0.15, -0.1) is 0 Å². The minimum absolute atomic E-state index is 0.446. The van der Waals surface area contributed by atoms with Gasteiger partial charge in [-0.25, -0.2) is 0 Å². The predicted octanol–water partition coefficient (Wildman–Crippen LogP) is 1.36. The van der Waals surface area contributed by atoms with Crippen LogP contribution in [0.5, 0.6) is 11.5 Å². The Morgan fingerprint density at radius 3 is 2.83 bits per heavy atom. The summed E-state index contributed by atoms with van der Waals surface area (Å²) in [6, 6.07) is 5.99. The third-order valence-electron chi connectivity index (χ3n) is 3.75. The highest BCUT2D eigenvalue weighted by Crippen LogP contribution is 2.37. The Bertz CT molecular complexity index is 395. The highest BCUT2D eigenvalue weighted by Gasteiger charge is 2.27. The van der Waals surface area contributed by atoms with Crippen molar-refractivity contribution >= 4 is 0 Å². The fourth-order valence-electron chi connectivity index (χ4n) is 2.71. The standard InChI is InChI=1S/C14H22N2O2/c1-17-11-3-4-14(18-2)13(7-11)12-5-6-16-9-10(12)8-15/h3-4,7,10,12,16H,5-6,8-9,15H2,1-2H3. The average molecular weight is 250 g/mol. The fraction of sp³-hybridized carbons (Fsp3) is 0.571. The number of piperidine rings is 1. The van der Waals surface area contributed by atoms with Crippen LogP contribution in [0, 0.1) is 5.92 Å². The Hall–Kier alpha value is -1.26. The second kappa shape index (κ2) is 6.07. The normalized spacial score (nSPS) is 23.7. The Morgan fingerprint density at radius 1 is 1.33 bits per heavy atom. The van der Waals surface area contributed by atoms with Crippen molar-refractivity contribution in [3.05, 3.63) is 23.8 Å². The minimum atomic E-state index is 0.446. The van der Waals surface area contributed by atoms with Crippen LogP contribution >= 0.6 is 0 Å². The molecule has 0 aromatic heterocycles. The molecule has 0 radical (unpaired) electrons. The number of rotatable bonds is 4. The van der Waals surface area contributed by atoms with Gasteiger partial charge in [0.2, 0.25) is 0 Å². The third kappa shape index (κ3) is 2.60. The topological polar surface area (TPSA) is 56.5 Å². The molecule has 100 valence electrons. The monoisotopic (exact) mass is 250 g/mol. The zero-order valence-electron chi connectivity index (χ0n) is 11.1. The molecule has 1 aliphatic rings. The molecule has 0 amide bonds. The summed E-state index contributed by atoms with van der Waals surface area (Å²) >= 11 is 0. The van der Waals surface area contributed by atoms with E-state index in [1.54, 1.807) is 14.2 Å². The summed E-state index contributed by atoms with van der Waals surface area (Å²) in [6.07, 6.45) is 1.09. The quantitative estimate of drug-likeness (QED) is 0.847. The van der Waals surface area contributed by atoms with E-state index in [2.05, 4.69) is 11.4 Å². The van der Waals surface area contributed by atoms with Crippen LogP contribution in [0.1, 0.15) is 17.9 Å². The number of hydrogen-bond acceptors (Lipinski definition) is 4. The van der Waals surface area contributed by atoms with Crippen LogP contribution in [-0.2, 0) is 0 Å². The van der Waals surface area contributed by atoms with Gasteiger partial charge in [0.15, 0.2) is 0 Å². The molecular weight excluding hydrogens is 228 g/mol. The lowest BCUT2D eigenvalue weighted by Crippen LogP contribution is -2.39. The summed E-state index contributed by atoms with van der Waals surface area (Å²) in [5.41, 5.74) is 7.10. The molecular formula is C14H22N2O2. The van der Waals surface area contributed by atoms with Crippen molar-refractivity contribution in [3.63, 3.8) is 0 Å². The summed E-state index contributed by atoms with van der Waals surface area (Å²) in [5, 5.41) is 3.40. The lowest BCUT2D eigenvalue weighted by Gasteiger charge is -2.32. The predicted molar refractivity (Wildman–Crippen MR) is 72.3 cm³/mol. The smallest absolute Gasteiger partial charge is 0.122 e. The van der Waals surface area contributed by atoms with E-state index in [1.165, 1.54) is 5.56 Å². The molecule has 0 spiro atoms. The van der Waals surface area contributed by atoms with Gasteiger partial charge in [-0.05, 0) is 56.1 Å².